The average molecular weight is 177 g/mol. The molecule has 0 fully saturated rings. The summed E-state index contributed by atoms with van der Waals surface area (Å²) in [5, 5.41) is 20.4. The smallest absolute Gasteiger partial charge is 0.291 e. The van der Waals surface area contributed by atoms with E-state index >= 15 is 0 Å². The Morgan fingerprint density at radius 3 is 1.75 bits per heavy atom. The van der Waals surface area contributed by atoms with Crippen molar-refractivity contribution in [3.05, 3.63) is 10.1 Å². The van der Waals surface area contributed by atoms with Gasteiger partial charge in [-0.2, -0.15) is 4.68 Å². The van der Waals surface area contributed by atoms with Crippen molar-refractivity contribution in [2.45, 2.75) is 0 Å². The molecule has 7 N–H and O–H groups in total. The second-order valence-corrected chi connectivity index (χ2v) is 1.52. The molecule has 0 aliphatic heterocycles. The van der Waals surface area contributed by atoms with Gasteiger partial charge in [0.15, 0.2) is 0 Å². The van der Waals surface area contributed by atoms with Crippen molar-refractivity contribution < 1.29 is 10.3 Å². The van der Waals surface area contributed by atoms with E-state index in [0.29, 0.717) is 0 Å². The molecule has 0 spiro atoms. The van der Waals surface area contributed by atoms with Crippen LogP contribution in [-0.4, -0.2) is 25.2 Å². The molecule has 0 atom stereocenters. The Morgan fingerprint density at radius 1 is 1.42 bits per heavy atom. The number of nitrogens with two attached hydrogens (primary N) is 3. The standard InChI is InChI=1S/C2H6N6.HNO3/c3-1-6-7-2(4)8(1)5;2-1(3)4/h5H2,(H2,3,6)(H2,4,7);(H,2,3,4). The van der Waals surface area contributed by atoms with E-state index in [2.05, 4.69) is 10.2 Å². The lowest BCUT2D eigenvalue weighted by atomic mass is 11.0. The monoisotopic (exact) mass is 177 g/mol. The van der Waals surface area contributed by atoms with Gasteiger partial charge in [0.1, 0.15) is 0 Å². The molecule has 12 heavy (non-hydrogen) atoms. The molecule has 1 aromatic rings. The Bertz CT molecular complexity index is 244. The number of rotatable bonds is 0. The highest BCUT2D eigenvalue weighted by molar-refractivity contribution is 5.28. The second-order valence-electron chi connectivity index (χ2n) is 1.52. The largest absolute Gasteiger partial charge is 0.366 e. The fraction of sp³-hybridized carbons (Fsp3) is 0. The van der Waals surface area contributed by atoms with Crippen LogP contribution in [0.4, 0.5) is 11.9 Å². The molecule has 1 aromatic heterocycles. The highest BCUT2D eigenvalue weighted by Gasteiger charge is 1.97. The Balaban J connectivity index is 0.000000261. The van der Waals surface area contributed by atoms with Gasteiger partial charge in [-0.05, 0) is 0 Å². The molecule has 1 rings (SSSR count). The van der Waals surface area contributed by atoms with Gasteiger partial charge < -0.3 is 22.5 Å². The Labute approximate surface area is 65.7 Å². The summed E-state index contributed by atoms with van der Waals surface area (Å²) in [6, 6.07) is 0. The van der Waals surface area contributed by atoms with Crippen LogP contribution in [0.15, 0.2) is 0 Å². The summed E-state index contributed by atoms with van der Waals surface area (Å²) >= 11 is 0. The van der Waals surface area contributed by atoms with Crippen LogP contribution < -0.4 is 17.3 Å². The number of anilines is 2. The predicted molar refractivity (Wildman–Crippen MR) is 37.8 cm³/mol. The molecule has 68 valence electrons. The molecular weight excluding hydrogens is 170 g/mol. The minimum atomic E-state index is -1.50. The number of aromatic nitrogens is 3. The topological polar surface area (TPSA) is 172 Å². The van der Waals surface area contributed by atoms with Crippen molar-refractivity contribution in [1.29, 1.82) is 0 Å². The highest BCUT2D eigenvalue weighted by Crippen LogP contribution is 1.95. The van der Waals surface area contributed by atoms with Gasteiger partial charge in [0.05, 0.1) is 0 Å². The van der Waals surface area contributed by atoms with Gasteiger partial charge in [-0.25, -0.2) is 0 Å². The van der Waals surface area contributed by atoms with Gasteiger partial charge in [-0.1, -0.05) is 0 Å². The third-order valence-electron chi connectivity index (χ3n) is 0.749. The molecule has 10 nitrogen and oxygen atoms in total. The zero-order valence-corrected chi connectivity index (χ0v) is 5.78. The lowest BCUT2D eigenvalue weighted by molar-refractivity contribution is -0.742. The first-order valence-corrected chi connectivity index (χ1v) is 2.50. The maximum Gasteiger partial charge on any atom is 0.291 e. The van der Waals surface area contributed by atoms with Crippen molar-refractivity contribution in [2.75, 3.05) is 17.3 Å². The van der Waals surface area contributed by atoms with E-state index in [1.807, 2.05) is 0 Å². The van der Waals surface area contributed by atoms with Gasteiger partial charge in [0, 0.05) is 0 Å². The average Bonchev–Trinajstić information content (AvgIpc) is 2.19. The summed E-state index contributed by atoms with van der Waals surface area (Å²) in [4.78, 5) is 8.36. The minimum absolute atomic E-state index is 0.113. The highest BCUT2D eigenvalue weighted by atomic mass is 16.9. The summed E-state index contributed by atoms with van der Waals surface area (Å²) in [7, 11) is 0. The summed E-state index contributed by atoms with van der Waals surface area (Å²) in [6.45, 7) is 0. The zero-order valence-electron chi connectivity index (χ0n) is 5.78. The lowest BCUT2D eigenvalue weighted by Gasteiger charge is -1.90. The quantitative estimate of drug-likeness (QED) is 0.196. The molecule has 0 amide bonds. The fourth-order valence-electron chi connectivity index (χ4n) is 0.316. The normalized spacial score (nSPS) is 8.33. The molecule has 0 bridgehead atoms. The molecule has 0 aliphatic carbocycles. The van der Waals surface area contributed by atoms with Crippen LogP contribution in [0.1, 0.15) is 0 Å². The maximum atomic E-state index is 8.36. The van der Waals surface area contributed by atoms with Crippen LogP contribution in [0.5, 0.6) is 0 Å². The van der Waals surface area contributed by atoms with Gasteiger partial charge in [-0.3, -0.25) is 0 Å². The first kappa shape index (κ1) is 9.74. The van der Waals surface area contributed by atoms with Crippen LogP contribution >= 0.6 is 0 Å². The summed E-state index contributed by atoms with van der Waals surface area (Å²) in [5.74, 6) is 5.37. The predicted octanol–water partition coefficient (Wildman–Crippen LogP) is -2.19. The maximum absolute atomic E-state index is 8.36. The van der Waals surface area contributed by atoms with Crippen molar-refractivity contribution in [2.24, 2.45) is 0 Å². The first-order valence-electron chi connectivity index (χ1n) is 2.50. The van der Waals surface area contributed by atoms with Gasteiger partial charge in [0.25, 0.3) is 5.09 Å². The zero-order chi connectivity index (χ0) is 9.72. The van der Waals surface area contributed by atoms with Gasteiger partial charge in [0.2, 0.25) is 11.9 Å². The molecule has 10 heteroatoms. The van der Waals surface area contributed by atoms with Crippen LogP contribution in [0.25, 0.3) is 0 Å². The number of hydrogen-bond acceptors (Lipinski definition) is 7. The second kappa shape index (κ2) is 3.80. The van der Waals surface area contributed by atoms with E-state index < -0.39 is 5.09 Å². The van der Waals surface area contributed by atoms with Crippen molar-refractivity contribution in [1.82, 2.24) is 14.9 Å². The van der Waals surface area contributed by atoms with Gasteiger partial charge >= 0.3 is 0 Å². The van der Waals surface area contributed by atoms with E-state index in [4.69, 9.17) is 32.6 Å². The third-order valence-corrected chi connectivity index (χ3v) is 0.749. The molecule has 0 unspecified atom stereocenters. The minimum Gasteiger partial charge on any atom is -0.366 e. The third kappa shape index (κ3) is 3.05. The van der Waals surface area contributed by atoms with E-state index in [1.54, 1.807) is 0 Å². The lowest BCUT2D eigenvalue weighted by Crippen LogP contribution is -2.14. The fourth-order valence-corrected chi connectivity index (χ4v) is 0.316. The van der Waals surface area contributed by atoms with E-state index in [0.717, 1.165) is 4.68 Å². The number of nitrogens with zero attached hydrogens (tertiary/aromatic N) is 4. The van der Waals surface area contributed by atoms with E-state index in [1.165, 1.54) is 0 Å². The van der Waals surface area contributed by atoms with E-state index in [9.17, 15) is 0 Å². The first-order chi connectivity index (χ1) is 5.45. The van der Waals surface area contributed by atoms with Gasteiger partial charge in [-0.15, -0.1) is 20.3 Å². The molecule has 0 radical (unpaired) electrons. The Hall–Kier alpha value is -2.26. The molecule has 0 saturated heterocycles. The molecule has 1 heterocycles. The molecule has 0 saturated carbocycles. The SMILES string of the molecule is Nc1nnc(N)n1N.O=[N+]([O-])O. The van der Waals surface area contributed by atoms with Crippen molar-refractivity contribution in [3.63, 3.8) is 0 Å². The Morgan fingerprint density at radius 2 is 1.67 bits per heavy atom. The van der Waals surface area contributed by atoms with Crippen LogP contribution in [0.3, 0.4) is 0 Å². The summed E-state index contributed by atoms with van der Waals surface area (Å²) in [5.41, 5.74) is 10.2. The molecular formula is C2H7N7O3. The number of nitrogen functional groups attached to an aromatic ring is 3. The van der Waals surface area contributed by atoms with Crippen molar-refractivity contribution in [3.8, 4) is 0 Å². The van der Waals surface area contributed by atoms with Crippen LogP contribution in [0, 0.1) is 10.1 Å². The van der Waals surface area contributed by atoms with Crippen molar-refractivity contribution >= 4 is 11.9 Å². The number of hydrogen-bond donors (Lipinski definition) is 4. The molecule has 0 aliphatic rings. The molecule has 0 aromatic carbocycles. The van der Waals surface area contributed by atoms with Crippen LogP contribution in [0.2, 0.25) is 0 Å². The summed E-state index contributed by atoms with van der Waals surface area (Å²) in [6.07, 6.45) is 0. The van der Waals surface area contributed by atoms with Crippen LogP contribution in [-0.2, 0) is 0 Å². The van der Waals surface area contributed by atoms with E-state index in [-0.39, 0.29) is 11.9 Å². The Kier molecular flexibility index (Phi) is 3.08. The summed E-state index contributed by atoms with van der Waals surface area (Å²) < 4.78 is 1.00.